The minimum Gasteiger partial charge on any atom is -0.273 e. The Hall–Kier alpha value is -3.38. The van der Waals surface area contributed by atoms with Crippen LogP contribution in [0.5, 0.6) is 0 Å². The number of sulfonamides is 2. The molecule has 2 aliphatic heterocycles. The van der Waals surface area contributed by atoms with Crippen molar-refractivity contribution in [1.29, 1.82) is 0 Å². The Labute approximate surface area is 164 Å². The lowest BCUT2D eigenvalue weighted by Crippen LogP contribution is -2.42. The number of hydrogen-bond acceptors (Lipinski definition) is 8. The van der Waals surface area contributed by atoms with Crippen LogP contribution in [0.25, 0.3) is 0 Å². The third-order valence-electron chi connectivity index (χ3n) is 4.40. The molecular formula is C17H10N2O8S2. The van der Waals surface area contributed by atoms with Gasteiger partial charge in [0.25, 0.3) is 43.7 Å². The Kier molecular flexibility index (Phi) is 3.96. The maximum atomic E-state index is 12.5. The molecule has 0 radical (unpaired) electrons. The molecule has 29 heavy (non-hydrogen) atoms. The molecule has 2 aliphatic rings. The van der Waals surface area contributed by atoms with Gasteiger partial charge < -0.3 is 0 Å². The molecule has 148 valence electrons. The van der Waals surface area contributed by atoms with Crippen LogP contribution in [0.1, 0.15) is 27.1 Å². The van der Waals surface area contributed by atoms with Gasteiger partial charge >= 0.3 is 0 Å². The third kappa shape index (κ3) is 2.53. The number of benzene rings is 2. The van der Waals surface area contributed by atoms with E-state index in [4.69, 9.17) is 0 Å². The van der Waals surface area contributed by atoms with Gasteiger partial charge in [0.1, 0.15) is 16.2 Å². The van der Waals surface area contributed by atoms with Crippen LogP contribution in [-0.4, -0.2) is 49.1 Å². The predicted octanol–water partition coefficient (Wildman–Crippen LogP) is 0.119. The minimum atomic E-state index is -4.53. The van der Waals surface area contributed by atoms with Gasteiger partial charge in [0.05, 0.1) is 11.1 Å². The summed E-state index contributed by atoms with van der Waals surface area (Å²) in [7, 11) is -9.06. The fraction of sp³-hybridized carbons (Fsp3) is 0.0588. The molecule has 10 nitrogen and oxygen atoms in total. The number of rotatable bonds is 2. The molecule has 0 unspecified atom stereocenters. The van der Waals surface area contributed by atoms with Gasteiger partial charge in [0.2, 0.25) is 0 Å². The van der Waals surface area contributed by atoms with Gasteiger partial charge in [0.15, 0.2) is 0 Å². The molecule has 0 N–H and O–H groups in total. The van der Waals surface area contributed by atoms with Crippen molar-refractivity contribution in [2.24, 2.45) is 0 Å². The first-order valence-corrected chi connectivity index (χ1v) is 10.9. The summed E-state index contributed by atoms with van der Waals surface area (Å²) in [6.45, 7) is 0. The van der Waals surface area contributed by atoms with Gasteiger partial charge in [-0.3, -0.25) is 19.2 Å². The monoisotopic (exact) mass is 434 g/mol. The van der Waals surface area contributed by atoms with Crippen molar-refractivity contribution >= 4 is 43.7 Å². The maximum Gasteiger partial charge on any atom is 0.276 e. The minimum absolute atomic E-state index is 0.0874. The highest BCUT2D eigenvalue weighted by Gasteiger charge is 2.49. The molecule has 0 aromatic heterocycles. The predicted molar refractivity (Wildman–Crippen MR) is 94.2 cm³/mol. The highest BCUT2D eigenvalue weighted by Crippen LogP contribution is 2.33. The summed E-state index contributed by atoms with van der Waals surface area (Å²) in [5, 5.41) is 0. The zero-order chi connectivity index (χ0) is 21.1. The zero-order valence-electron chi connectivity index (χ0n) is 14.3. The maximum absolute atomic E-state index is 12.5. The molecule has 2 aromatic rings. The molecule has 2 heterocycles. The Bertz CT molecular complexity index is 1240. The van der Waals surface area contributed by atoms with Crippen molar-refractivity contribution < 1.29 is 36.0 Å². The van der Waals surface area contributed by atoms with Crippen LogP contribution in [0.3, 0.4) is 0 Å². The highest BCUT2D eigenvalue weighted by molar-refractivity contribution is 7.91. The normalized spacial score (nSPS) is 18.5. The van der Waals surface area contributed by atoms with Crippen molar-refractivity contribution in [3.8, 4) is 0 Å². The summed E-state index contributed by atoms with van der Waals surface area (Å²) in [6, 6.07) is 10.2. The van der Waals surface area contributed by atoms with E-state index in [1.807, 2.05) is 0 Å². The summed E-state index contributed by atoms with van der Waals surface area (Å²) < 4.78 is 49.8. The van der Waals surface area contributed by atoms with E-state index in [1.54, 1.807) is 0 Å². The molecular weight excluding hydrogens is 424 g/mol. The van der Waals surface area contributed by atoms with Crippen LogP contribution in [0, 0.1) is 0 Å². The van der Waals surface area contributed by atoms with E-state index in [0.717, 1.165) is 12.1 Å². The van der Waals surface area contributed by atoms with Crippen LogP contribution >= 0.6 is 0 Å². The average molecular weight is 434 g/mol. The molecule has 0 atom stereocenters. The Morgan fingerprint density at radius 2 is 1.00 bits per heavy atom. The average Bonchev–Trinajstić information content (AvgIpc) is 3.00. The van der Waals surface area contributed by atoms with Crippen molar-refractivity contribution in [3.63, 3.8) is 0 Å². The standard InChI is InChI=1S/C17H10N2O8S2/c20-14(18-16(22)10-5-1-3-7-12(10)28(18,24)25)9-15(21)19-17(23)11-6-2-4-8-13(11)29(19,26)27/h1-8H,9H2. The van der Waals surface area contributed by atoms with Crippen molar-refractivity contribution in [1.82, 2.24) is 8.61 Å². The molecule has 2 aromatic carbocycles. The molecule has 0 saturated carbocycles. The van der Waals surface area contributed by atoms with E-state index >= 15 is 0 Å². The second kappa shape index (κ2) is 6.06. The zero-order valence-corrected chi connectivity index (χ0v) is 15.9. The first kappa shape index (κ1) is 19.0. The molecule has 0 fully saturated rings. The summed E-state index contributed by atoms with van der Waals surface area (Å²) in [5.41, 5.74) is -0.490. The topological polar surface area (TPSA) is 143 Å². The van der Waals surface area contributed by atoms with E-state index in [1.165, 1.54) is 36.4 Å². The van der Waals surface area contributed by atoms with Crippen LogP contribution in [0.2, 0.25) is 0 Å². The lowest BCUT2D eigenvalue weighted by atomic mass is 10.2. The molecule has 0 bridgehead atoms. The van der Waals surface area contributed by atoms with E-state index in [9.17, 15) is 36.0 Å². The molecule has 4 amide bonds. The Morgan fingerprint density at radius 1 is 0.655 bits per heavy atom. The fourth-order valence-corrected chi connectivity index (χ4v) is 6.20. The number of nitrogens with zero attached hydrogens (tertiary/aromatic N) is 2. The second-order valence-corrected chi connectivity index (χ2v) is 9.62. The number of fused-ring (bicyclic) bond motifs is 2. The first-order valence-electron chi connectivity index (χ1n) is 8.01. The molecule has 0 saturated heterocycles. The highest BCUT2D eigenvalue weighted by atomic mass is 32.2. The summed E-state index contributed by atoms with van der Waals surface area (Å²) in [5.74, 6) is -5.24. The van der Waals surface area contributed by atoms with Gasteiger partial charge in [-0.25, -0.2) is 16.8 Å². The Morgan fingerprint density at radius 3 is 1.34 bits per heavy atom. The van der Waals surface area contributed by atoms with Crippen molar-refractivity contribution in [2.75, 3.05) is 0 Å². The van der Waals surface area contributed by atoms with E-state index in [-0.39, 0.29) is 19.7 Å². The molecule has 0 spiro atoms. The molecule has 4 rings (SSSR count). The number of carbonyl (C=O) groups excluding carboxylic acids is 4. The van der Waals surface area contributed by atoms with Crippen LogP contribution in [-0.2, 0) is 29.6 Å². The smallest absolute Gasteiger partial charge is 0.273 e. The lowest BCUT2D eigenvalue weighted by Gasteiger charge is -2.16. The third-order valence-corrected chi connectivity index (χ3v) is 7.92. The molecule has 0 aliphatic carbocycles. The van der Waals surface area contributed by atoms with Crippen molar-refractivity contribution in [3.05, 3.63) is 59.7 Å². The number of imide groups is 2. The fourth-order valence-electron chi connectivity index (χ4n) is 3.14. The number of amides is 4. The first-order chi connectivity index (χ1) is 13.6. The largest absolute Gasteiger partial charge is 0.276 e. The SMILES string of the molecule is O=C(CC(=O)N1C(=O)c2ccccc2S1(=O)=O)N1C(=O)c2ccccc2S1(=O)=O. The quantitative estimate of drug-likeness (QED) is 0.607. The summed E-state index contributed by atoms with van der Waals surface area (Å²) in [4.78, 5) is 48.8. The lowest BCUT2D eigenvalue weighted by molar-refractivity contribution is -0.133. The Balaban J connectivity index is 1.65. The van der Waals surface area contributed by atoms with E-state index < -0.39 is 59.9 Å². The summed E-state index contributed by atoms with van der Waals surface area (Å²) >= 11 is 0. The van der Waals surface area contributed by atoms with Gasteiger partial charge in [0, 0.05) is 0 Å². The van der Waals surface area contributed by atoms with Crippen LogP contribution in [0.4, 0.5) is 0 Å². The van der Waals surface area contributed by atoms with Crippen LogP contribution < -0.4 is 0 Å². The summed E-state index contributed by atoms with van der Waals surface area (Å²) in [6.07, 6.45) is -1.31. The molecule has 12 heteroatoms. The second-order valence-electron chi connectivity index (χ2n) is 6.11. The van der Waals surface area contributed by atoms with Gasteiger partial charge in [-0.15, -0.1) is 0 Å². The number of carbonyl (C=O) groups is 4. The van der Waals surface area contributed by atoms with E-state index in [0.29, 0.717) is 0 Å². The van der Waals surface area contributed by atoms with Gasteiger partial charge in [-0.1, -0.05) is 24.3 Å². The van der Waals surface area contributed by atoms with Gasteiger partial charge in [-0.05, 0) is 24.3 Å². The number of hydrogen-bond donors (Lipinski definition) is 0. The van der Waals surface area contributed by atoms with Gasteiger partial charge in [-0.2, -0.15) is 8.61 Å². The van der Waals surface area contributed by atoms with Crippen LogP contribution in [0.15, 0.2) is 58.3 Å². The van der Waals surface area contributed by atoms with E-state index in [2.05, 4.69) is 0 Å². The van der Waals surface area contributed by atoms with Crippen molar-refractivity contribution in [2.45, 2.75) is 16.2 Å².